The summed E-state index contributed by atoms with van der Waals surface area (Å²) >= 11 is 0. The van der Waals surface area contributed by atoms with Crippen molar-refractivity contribution in [2.75, 3.05) is 7.11 Å². The van der Waals surface area contributed by atoms with Crippen molar-refractivity contribution in [1.82, 2.24) is 5.43 Å². The third kappa shape index (κ3) is 6.82. The van der Waals surface area contributed by atoms with Crippen molar-refractivity contribution < 1.29 is 23.8 Å². The minimum Gasteiger partial charge on any atom is -0.493 e. The predicted molar refractivity (Wildman–Crippen MR) is 142 cm³/mol. The maximum atomic E-state index is 12.4. The van der Waals surface area contributed by atoms with E-state index in [0.29, 0.717) is 22.6 Å². The fourth-order valence-corrected chi connectivity index (χ4v) is 3.46. The number of hydrogen-bond donors (Lipinski definition) is 1. The van der Waals surface area contributed by atoms with Crippen LogP contribution in [0.25, 0.3) is 11.1 Å². The second kappa shape index (κ2) is 12.2. The molecular weight excluding hydrogens is 468 g/mol. The highest BCUT2D eigenvalue weighted by Crippen LogP contribution is 2.28. The van der Waals surface area contributed by atoms with E-state index in [9.17, 15) is 9.59 Å². The first-order valence-electron chi connectivity index (χ1n) is 11.6. The molecule has 37 heavy (non-hydrogen) atoms. The lowest BCUT2D eigenvalue weighted by Crippen LogP contribution is -2.33. The highest BCUT2D eigenvalue weighted by molar-refractivity contribution is 5.91. The third-order valence-electron chi connectivity index (χ3n) is 5.43. The van der Waals surface area contributed by atoms with Crippen molar-refractivity contribution in [1.29, 1.82) is 0 Å². The highest BCUT2D eigenvalue weighted by Gasteiger charge is 2.15. The van der Waals surface area contributed by atoms with Crippen molar-refractivity contribution in [3.8, 4) is 28.4 Å². The van der Waals surface area contributed by atoms with Crippen LogP contribution in [-0.2, 0) is 4.79 Å². The number of ether oxygens (including phenoxy) is 3. The van der Waals surface area contributed by atoms with Gasteiger partial charge in [0.25, 0.3) is 5.91 Å². The first-order chi connectivity index (χ1) is 18.0. The zero-order valence-corrected chi connectivity index (χ0v) is 20.5. The van der Waals surface area contributed by atoms with Crippen LogP contribution < -0.4 is 19.6 Å². The Labute approximate surface area is 215 Å². The van der Waals surface area contributed by atoms with Crippen LogP contribution in [0.1, 0.15) is 22.8 Å². The number of amides is 1. The average molecular weight is 495 g/mol. The van der Waals surface area contributed by atoms with Gasteiger partial charge in [-0.3, -0.25) is 4.79 Å². The molecule has 0 saturated carbocycles. The minimum absolute atomic E-state index is 0.276. The monoisotopic (exact) mass is 494 g/mol. The molecule has 1 atom stereocenters. The molecule has 0 aliphatic rings. The van der Waals surface area contributed by atoms with Gasteiger partial charge in [0.15, 0.2) is 17.6 Å². The molecule has 4 rings (SSSR count). The zero-order valence-electron chi connectivity index (χ0n) is 20.5. The average Bonchev–Trinajstić information content (AvgIpc) is 2.95. The lowest BCUT2D eigenvalue weighted by atomic mass is 10.1. The third-order valence-corrected chi connectivity index (χ3v) is 5.43. The van der Waals surface area contributed by atoms with E-state index in [1.807, 2.05) is 60.7 Å². The molecule has 0 heterocycles. The number of hydrazone groups is 1. The van der Waals surface area contributed by atoms with E-state index in [-0.39, 0.29) is 5.75 Å². The fourth-order valence-electron chi connectivity index (χ4n) is 3.46. The second-order valence-electron chi connectivity index (χ2n) is 8.05. The maximum Gasteiger partial charge on any atom is 0.343 e. The van der Waals surface area contributed by atoms with E-state index in [2.05, 4.69) is 10.5 Å². The van der Waals surface area contributed by atoms with E-state index < -0.39 is 18.0 Å². The Bertz CT molecular complexity index is 1370. The molecule has 186 valence electrons. The lowest BCUT2D eigenvalue weighted by molar-refractivity contribution is -0.127. The highest BCUT2D eigenvalue weighted by atomic mass is 16.6. The Hall–Kier alpha value is -4.91. The lowest BCUT2D eigenvalue weighted by Gasteiger charge is -2.13. The summed E-state index contributed by atoms with van der Waals surface area (Å²) < 4.78 is 16.5. The van der Waals surface area contributed by atoms with E-state index in [0.717, 1.165) is 11.1 Å². The quantitative estimate of drug-likeness (QED) is 0.144. The summed E-state index contributed by atoms with van der Waals surface area (Å²) in [6.45, 7) is 1.65. The van der Waals surface area contributed by atoms with Gasteiger partial charge in [-0.15, -0.1) is 0 Å². The van der Waals surface area contributed by atoms with Gasteiger partial charge in [0, 0.05) is 0 Å². The molecule has 7 heteroatoms. The number of esters is 1. The normalized spacial score (nSPS) is 11.5. The summed E-state index contributed by atoms with van der Waals surface area (Å²) in [6.07, 6.45) is 0.707. The standard InChI is InChI=1S/C30H26N2O5/c1-21(36-26-16-14-24(15-17-26)23-9-5-3-6-10-23)29(33)32-31-20-22-13-18-27(28(19-22)35-2)37-30(34)25-11-7-4-8-12-25/h3-21H,1-2H3,(H,32,33)/b31-20-/t21-/m0/s1. The van der Waals surface area contributed by atoms with Gasteiger partial charge in [0.1, 0.15) is 5.75 Å². The van der Waals surface area contributed by atoms with Crippen LogP contribution in [0.15, 0.2) is 108 Å². The fraction of sp³-hybridized carbons (Fsp3) is 0.100. The van der Waals surface area contributed by atoms with Crippen LogP contribution in [0.3, 0.4) is 0 Å². The Morgan fingerprint density at radius 3 is 2.14 bits per heavy atom. The molecule has 4 aromatic carbocycles. The molecule has 4 aromatic rings. The summed E-state index contributed by atoms with van der Waals surface area (Å²) in [5.41, 5.74) is 5.71. The van der Waals surface area contributed by atoms with Crippen LogP contribution in [0.5, 0.6) is 17.2 Å². The molecule has 0 fully saturated rings. The Morgan fingerprint density at radius 2 is 1.46 bits per heavy atom. The number of nitrogens with one attached hydrogen (secondary N) is 1. The van der Waals surface area contributed by atoms with Gasteiger partial charge < -0.3 is 14.2 Å². The molecule has 0 saturated heterocycles. The largest absolute Gasteiger partial charge is 0.493 e. The molecule has 0 bridgehead atoms. The Kier molecular flexibility index (Phi) is 8.29. The van der Waals surface area contributed by atoms with Crippen molar-refractivity contribution in [3.05, 3.63) is 114 Å². The Morgan fingerprint density at radius 1 is 0.811 bits per heavy atom. The molecule has 0 aromatic heterocycles. The van der Waals surface area contributed by atoms with Gasteiger partial charge in [0.2, 0.25) is 0 Å². The smallest absolute Gasteiger partial charge is 0.343 e. The molecule has 1 N–H and O–H groups in total. The number of methoxy groups -OCH3 is 1. The molecule has 7 nitrogen and oxygen atoms in total. The number of rotatable bonds is 9. The Balaban J connectivity index is 1.31. The van der Waals surface area contributed by atoms with Gasteiger partial charge in [-0.25, -0.2) is 10.2 Å². The summed E-state index contributed by atoms with van der Waals surface area (Å²) in [5, 5.41) is 4.00. The van der Waals surface area contributed by atoms with Crippen LogP contribution in [-0.4, -0.2) is 31.3 Å². The number of benzene rings is 4. The SMILES string of the molecule is COc1cc(/C=N\NC(=O)[C@H](C)Oc2ccc(-c3ccccc3)cc2)ccc1OC(=O)c1ccccc1. The molecule has 0 aliphatic heterocycles. The topological polar surface area (TPSA) is 86.2 Å². The zero-order chi connectivity index (χ0) is 26.0. The number of hydrogen-bond acceptors (Lipinski definition) is 6. The van der Waals surface area contributed by atoms with Crippen molar-refractivity contribution >= 4 is 18.1 Å². The van der Waals surface area contributed by atoms with Gasteiger partial charge in [-0.1, -0.05) is 60.7 Å². The first-order valence-corrected chi connectivity index (χ1v) is 11.6. The van der Waals surface area contributed by atoms with Gasteiger partial charge in [-0.2, -0.15) is 5.10 Å². The van der Waals surface area contributed by atoms with E-state index >= 15 is 0 Å². The van der Waals surface area contributed by atoms with Crippen LogP contribution in [0, 0.1) is 0 Å². The predicted octanol–water partition coefficient (Wildman–Crippen LogP) is 5.50. The van der Waals surface area contributed by atoms with Crippen molar-refractivity contribution in [2.45, 2.75) is 13.0 Å². The molecule has 0 radical (unpaired) electrons. The number of carbonyl (C=O) groups is 2. The van der Waals surface area contributed by atoms with Gasteiger partial charge in [0.05, 0.1) is 18.9 Å². The van der Waals surface area contributed by atoms with E-state index in [1.165, 1.54) is 13.3 Å². The molecule has 0 unspecified atom stereocenters. The van der Waals surface area contributed by atoms with Gasteiger partial charge >= 0.3 is 5.97 Å². The maximum absolute atomic E-state index is 12.4. The number of carbonyl (C=O) groups excluding carboxylic acids is 2. The summed E-state index contributed by atoms with van der Waals surface area (Å²) in [5.74, 6) is 0.324. The first kappa shape index (κ1) is 25.2. The number of nitrogens with zero attached hydrogens (tertiary/aromatic N) is 1. The molecular formula is C30H26N2O5. The van der Waals surface area contributed by atoms with Crippen LogP contribution >= 0.6 is 0 Å². The summed E-state index contributed by atoms with van der Waals surface area (Å²) in [6, 6.07) is 31.2. The second-order valence-corrected chi connectivity index (χ2v) is 8.05. The van der Waals surface area contributed by atoms with Gasteiger partial charge in [-0.05, 0) is 66.1 Å². The molecule has 0 aliphatic carbocycles. The minimum atomic E-state index is -0.756. The van der Waals surface area contributed by atoms with Crippen LogP contribution in [0.2, 0.25) is 0 Å². The summed E-state index contributed by atoms with van der Waals surface area (Å²) in [7, 11) is 1.48. The van der Waals surface area contributed by atoms with Crippen molar-refractivity contribution in [3.63, 3.8) is 0 Å². The van der Waals surface area contributed by atoms with Crippen molar-refractivity contribution in [2.24, 2.45) is 5.10 Å². The van der Waals surface area contributed by atoms with Crippen LogP contribution in [0.4, 0.5) is 0 Å². The summed E-state index contributed by atoms with van der Waals surface area (Å²) in [4.78, 5) is 24.8. The van der Waals surface area contributed by atoms with E-state index in [4.69, 9.17) is 14.2 Å². The molecule has 0 spiro atoms. The van der Waals surface area contributed by atoms with E-state index in [1.54, 1.807) is 49.4 Å². The molecule has 1 amide bonds.